The minimum Gasteiger partial charge on any atom is -0.487 e. The normalized spacial score (nSPS) is 12.9. The molecule has 4 heteroatoms. The summed E-state index contributed by atoms with van der Waals surface area (Å²) in [7, 11) is 1.82. The summed E-state index contributed by atoms with van der Waals surface area (Å²) in [6, 6.07) is 5.70. The van der Waals surface area contributed by atoms with Gasteiger partial charge in [-0.05, 0) is 32.5 Å². The molecule has 0 aromatic heterocycles. The van der Waals surface area contributed by atoms with Crippen LogP contribution in [0.1, 0.15) is 24.1 Å². The van der Waals surface area contributed by atoms with E-state index < -0.39 is 13.0 Å². The van der Waals surface area contributed by atoms with Gasteiger partial charge in [-0.25, -0.2) is 8.78 Å². The van der Waals surface area contributed by atoms with E-state index in [9.17, 15) is 8.78 Å². The first-order valence-electron chi connectivity index (χ1n) is 5.23. The smallest absolute Gasteiger partial charge is 0.272 e. The van der Waals surface area contributed by atoms with E-state index in [1.54, 1.807) is 6.07 Å². The van der Waals surface area contributed by atoms with Gasteiger partial charge in [0.15, 0.2) is 0 Å². The fourth-order valence-corrected chi connectivity index (χ4v) is 1.43. The van der Waals surface area contributed by atoms with Gasteiger partial charge in [-0.3, -0.25) is 0 Å². The molecule has 0 amide bonds. The van der Waals surface area contributed by atoms with Crippen molar-refractivity contribution in [3.8, 4) is 5.75 Å². The first-order chi connectivity index (χ1) is 7.54. The number of benzene rings is 1. The average Bonchev–Trinajstić information content (AvgIpc) is 2.25. The lowest BCUT2D eigenvalue weighted by Crippen LogP contribution is -2.15. The van der Waals surface area contributed by atoms with Crippen LogP contribution in [0.15, 0.2) is 18.2 Å². The Bertz CT molecular complexity index is 342. The Hall–Kier alpha value is -1.16. The second kappa shape index (κ2) is 5.80. The van der Waals surface area contributed by atoms with Gasteiger partial charge in [-0.15, -0.1) is 0 Å². The summed E-state index contributed by atoms with van der Waals surface area (Å²) in [6.07, 6.45) is -2.45. The Morgan fingerprint density at radius 2 is 2.06 bits per heavy atom. The third kappa shape index (κ3) is 3.45. The summed E-state index contributed by atoms with van der Waals surface area (Å²) in [5, 5.41) is 3.06. The van der Waals surface area contributed by atoms with Gasteiger partial charge in [0.2, 0.25) is 0 Å². The lowest BCUT2D eigenvalue weighted by atomic mass is 10.1. The lowest BCUT2D eigenvalue weighted by molar-refractivity contribution is 0.0811. The van der Waals surface area contributed by atoms with E-state index in [1.807, 2.05) is 33.0 Å². The van der Waals surface area contributed by atoms with Gasteiger partial charge in [0.1, 0.15) is 12.4 Å². The van der Waals surface area contributed by atoms with Crippen molar-refractivity contribution in [3.05, 3.63) is 29.3 Å². The van der Waals surface area contributed by atoms with E-state index in [-0.39, 0.29) is 6.04 Å². The van der Waals surface area contributed by atoms with Crippen LogP contribution in [0.3, 0.4) is 0 Å². The predicted molar refractivity (Wildman–Crippen MR) is 60.2 cm³/mol. The molecule has 1 N–H and O–H groups in total. The third-order valence-electron chi connectivity index (χ3n) is 2.43. The van der Waals surface area contributed by atoms with E-state index in [2.05, 4.69) is 5.32 Å². The first-order valence-corrected chi connectivity index (χ1v) is 5.23. The number of aryl methyl sites for hydroxylation is 1. The fraction of sp³-hybridized carbons (Fsp3) is 0.500. The van der Waals surface area contributed by atoms with Gasteiger partial charge in [-0.2, -0.15) is 0 Å². The number of nitrogens with one attached hydrogen (secondary N) is 1. The minimum atomic E-state index is -2.45. The molecule has 1 aromatic rings. The monoisotopic (exact) mass is 229 g/mol. The second-order valence-corrected chi connectivity index (χ2v) is 3.75. The summed E-state index contributed by atoms with van der Waals surface area (Å²) < 4.78 is 29.3. The summed E-state index contributed by atoms with van der Waals surface area (Å²) in [5.41, 5.74) is 1.89. The van der Waals surface area contributed by atoms with Crippen molar-refractivity contribution in [2.24, 2.45) is 0 Å². The van der Waals surface area contributed by atoms with Crippen LogP contribution in [0.5, 0.6) is 5.75 Å². The molecule has 0 radical (unpaired) electrons. The molecule has 1 aromatic carbocycles. The van der Waals surface area contributed by atoms with Crippen molar-refractivity contribution in [2.45, 2.75) is 26.3 Å². The highest BCUT2D eigenvalue weighted by Crippen LogP contribution is 2.26. The molecule has 0 heterocycles. The van der Waals surface area contributed by atoms with Crippen LogP contribution in [0.25, 0.3) is 0 Å². The molecule has 0 aliphatic heterocycles. The van der Waals surface area contributed by atoms with Crippen LogP contribution in [-0.2, 0) is 0 Å². The number of halogens is 2. The molecule has 0 fully saturated rings. The Morgan fingerprint density at radius 3 is 2.62 bits per heavy atom. The van der Waals surface area contributed by atoms with Crippen LogP contribution < -0.4 is 10.1 Å². The molecule has 2 nitrogen and oxygen atoms in total. The Morgan fingerprint density at radius 1 is 1.38 bits per heavy atom. The van der Waals surface area contributed by atoms with Crippen molar-refractivity contribution in [3.63, 3.8) is 0 Å². The predicted octanol–water partition coefficient (Wildman–Crippen LogP) is 2.92. The largest absolute Gasteiger partial charge is 0.487 e. The van der Waals surface area contributed by atoms with Gasteiger partial charge in [0.25, 0.3) is 6.43 Å². The molecule has 0 bridgehead atoms. The topological polar surface area (TPSA) is 21.3 Å². The molecule has 16 heavy (non-hydrogen) atoms. The molecule has 1 unspecified atom stereocenters. The number of hydrogen-bond acceptors (Lipinski definition) is 2. The number of hydrogen-bond donors (Lipinski definition) is 1. The molecule has 0 saturated carbocycles. The van der Waals surface area contributed by atoms with Gasteiger partial charge < -0.3 is 10.1 Å². The molecule has 90 valence electrons. The maximum absolute atomic E-state index is 12.1. The van der Waals surface area contributed by atoms with E-state index >= 15 is 0 Å². The van der Waals surface area contributed by atoms with Gasteiger partial charge in [0.05, 0.1) is 0 Å². The van der Waals surface area contributed by atoms with Gasteiger partial charge in [-0.1, -0.05) is 12.1 Å². The number of rotatable bonds is 5. The quantitative estimate of drug-likeness (QED) is 0.838. The molecule has 0 aliphatic carbocycles. The molecule has 0 aliphatic rings. The summed E-state index contributed by atoms with van der Waals surface area (Å²) >= 11 is 0. The third-order valence-corrected chi connectivity index (χ3v) is 2.43. The summed E-state index contributed by atoms with van der Waals surface area (Å²) in [4.78, 5) is 0. The van der Waals surface area contributed by atoms with Crippen molar-refractivity contribution in [2.75, 3.05) is 13.7 Å². The first kappa shape index (κ1) is 12.9. The fourth-order valence-electron chi connectivity index (χ4n) is 1.43. The van der Waals surface area contributed by atoms with Crippen LogP contribution in [0.2, 0.25) is 0 Å². The lowest BCUT2D eigenvalue weighted by Gasteiger charge is -2.17. The molecular formula is C12H17F2NO. The van der Waals surface area contributed by atoms with Crippen molar-refractivity contribution < 1.29 is 13.5 Å². The highest BCUT2D eigenvalue weighted by atomic mass is 19.3. The molecule has 1 rings (SSSR count). The second-order valence-electron chi connectivity index (χ2n) is 3.75. The van der Waals surface area contributed by atoms with Gasteiger partial charge in [0, 0.05) is 11.6 Å². The van der Waals surface area contributed by atoms with E-state index in [4.69, 9.17) is 4.74 Å². The maximum atomic E-state index is 12.1. The standard InChI is InChI=1S/C12H17F2NO/c1-8-4-5-10(9(2)15-3)11(6-8)16-7-12(13)14/h4-6,9,12,15H,7H2,1-3H3. The Labute approximate surface area is 94.6 Å². The number of alkyl halides is 2. The van der Waals surface area contributed by atoms with Crippen LogP contribution in [0.4, 0.5) is 8.78 Å². The van der Waals surface area contributed by atoms with E-state index in [0.717, 1.165) is 11.1 Å². The van der Waals surface area contributed by atoms with Crippen molar-refractivity contribution in [1.82, 2.24) is 5.32 Å². The van der Waals surface area contributed by atoms with Crippen molar-refractivity contribution >= 4 is 0 Å². The van der Waals surface area contributed by atoms with Crippen molar-refractivity contribution in [1.29, 1.82) is 0 Å². The van der Waals surface area contributed by atoms with Crippen LogP contribution >= 0.6 is 0 Å². The SMILES string of the molecule is CNC(C)c1ccc(C)cc1OCC(F)F. The summed E-state index contributed by atoms with van der Waals surface area (Å²) in [5.74, 6) is 0.530. The van der Waals surface area contributed by atoms with Crippen LogP contribution in [-0.4, -0.2) is 20.1 Å². The summed E-state index contributed by atoms with van der Waals surface area (Å²) in [6.45, 7) is 3.30. The molecule has 0 saturated heterocycles. The Balaban J connectivity index is 2.89. The minimum absolute atomic E-state index is 0.0771. The zero-order chi connectivity index (χ0) is 12.1. The van der Waals surface area contributed by atoms with E-state index in [0.29, 0.717) is 5.75 Å². The molecule has 0 spiro atoms. The molecular weight excluding hydrogens is 212 g/mol. The highest BCUT2D eigenvalue weighted by Gasteiger charge is 2.12. The highest BCUT2D eigenvalue weighted by molar-refractivity contribution is 5.39. The van der Waals surface area contributed by atoms with Gasteiger partial charge >= 0.3 is 0 Å². The zero-order valence-corrected chi connectivity index (χ0v) is 9.76. The molecule has 1 atom stereocenters. The average molecular weight is 229 g/mol. The van der Waals surface area contributed by atoms with E-state index in [1.165, 1.54) is 0 Å². The maximum Gasteiger partial charge on any atom is 0.272 e. The Kier molecular flexibility index (Phi) is 4.68. The number of ether oxygens (including phenoxy) is 1. The van der Waals surface area contributed by atoms with Crippen LogP contribution in [0, 0.1) is 6.92 Å². The zero-order valence-electron chi connectivity index (χ0n) is 9.76.